The summed E-state index contributed by atoms with van der Waals surface area (Å²) in [5, 5.41) is 14.1. The first-order chi connectivity index (χ1) is 26.6. The summed E-state index contributed by atoms with van der Waals surface area (Å²) in [7, 11) is 2.08. The summed E-state index contributed by atoms with van der Waals surface area (Å²) in [5.74, 6) is -0.485. The minimum absolute atomic E-state index is 0.0121. The van der Waals surface area contributed by atoms with Gasteiger partial charge >= 0.3 is 0 Å². The SMILES string of the molecule is CCC1c2c(cnn2C2CN(Cc3cccc(C(=O)N4CCO[C@@H](C)C4)n3)C2)-c2cccc(NC(/C=C(\N)NC(=O)C3CC3)=C(/N)C(=O)NC3CC3)c2N1C. The second-order valence-electron chi connectivity index (χ2n) is 15.5. The Morgan fingerprint density at radius 2 is 1.80 bits per heavy atom. The molecule has 15 nitrogen and oxygen atoms in total. The molecule has 290 valence electrons. The van der Waals surface area contributed by atoms with Crippen LogP contribution in [-0.2, 0) is 20.9 Å². The number of allylic oxidation sites excluding steroid dienone is 1. The van der Waals surface area contributed by atoms with Gasteiger partial charge in [-0.1, -0.05) is 25.1 Å². The van der Waals surface area contributed by atoms with E-state index in [4.69, 9.17) is 26.3 Å². The van der Waals surface area contributed by atoms with Crippen molar-refractivity contribution >= 4 is 29.1 Å². The van der Waals surface area contributed by atoms with E-state index in [-0.39, 0.29) is 59.4 Å². The Kier molecular flexibility index (Phi) is 9.99. The van der Waals surface area contributed by atoms with E-state index in [0.29, 0.717) is 37.6 Å². The van der Waals surface area contributed by atoms with Crippen LogP contribution in [0.5, 0.6) is 0 Å². The smallest absolute Gasteiger partial charge is 0.272 e. The fourth-order valence-corrected chi connectivity index (χ4v) is 7.88. The molecular formula is C40H51N11O4. The number of likely N-dealkylation sites (tertiary alicyclic amines) is 1. The lowest BCUT2D eigenvalue weighted by Gasteiger charge is -2.43. The van der Waals surface area contributed by atoms with Crippen molar-refractivity contribution in [3.05, 3.63) is 83.0 Å². The van der Waals surface area contributed by atoms with Gasteiger partial charge in [-0.25, -0.2) is 4.98 Å². The molecule has 15 heteroatoms. The first-order valence-electron chi connectivity index (χ1n) is 19.5. The number of nitrogens with zero attached hydrogens (tertiary/aromatic N) is 6. The highest BCUT2D eigenvalue weighted by Gasteiger charge is 2.38. The van der Waals surface area contributed by atoms with Crippen molar-refractivity contribution in [2.75, 3.05) is 50.1 Å². The first kappa shape index (κ1) is 36.6. The molecule has 2 aliphatic carbocycles. The number of pyridine rings is 1. The van der Waals surface area contributed by atoms with Crippen LogP contribution < -0.4 is 32.3 Å². The average Bonchev–Trinajstić information content (AvgIpc) is 4.11. The molecule has 0 spiro atoms. The van der Waals surface area contributed by atoms with E-state index in [9.17, 15) is 14.4 Å². The third kappa shape index (κ3) is 7.63. The molecule has 2 saturated carbocycles. The molecule has 3 aliphatic heterocycles. The van der Waals surface area contributed by atoms with Crippen molar-refractivity contribution in [3.8, 4) is 11.1 Å². The molecule has 1 unspecified atom stereocenters. The molecule has 3 aromatic rings. The molecule has 7 N–H and O–H groups in total. The lowest BCUT2D eigenvalue weighted by atomic mass is 9.91. The third-order valence-corrected chi connectivity index (χ3v) is 11.1. The average molecular weight is 750 g/mol. The maximum atomic E-state index is 13.2. The number of aromatic nitrogens is 3. The summed E-state index contributed by atoms with van der Waals surface area (Å²) >= 11 is 0. The van der Waals surface area contributed by atoms with Gasteiger partial charge in [0.05, 0.1) is 59.5 Å². The van der Waals surface area contributed by atoms with Crippen molar-refractivity contribution in [2.24, 2.45) is 17.4 Å². The molecule has 5 heterocycles. The normalized spacial score (nSPS) is 21.9. The molecule has 0 bridgehead atoms. The number of amides is 3. The minimum Gasteiger partial charge on any atom is -0.393 e. The molecule has 0 radical (unpaired) electrons. The largest absolute Gasteiger partial charge is 0.393 e. The maximum Gasteiger partial charge on any atom is 0.272 e. The number of hydrogen-bond acceptors (Lipinski definition) is 11. The zero-order valence-electron chi connectivity index (χ0n) is 31.8. The van der Waals surface area contributed by atoms with Crippen LogP contribution in [0.15, 0.2) is 65.9 Å². The Morgan fingerprint density at radius 1 is 1.02 bits per heavy atom. The molecule has 2 aromatic heterocycles. The monoisotopic (exact) mass is 749 g/mol. The van der Waals surface area contributed by atoms with Crippen LogP contribution in [0.2, 0.25) is 0 Å². The topological polar surface area (TPSA) is 189 Å². The van der Waals surface area contributed by atoms with Gasteiger partial charge < -0.3 is 42.0 Å². The second-order valence-corrected chi connectivity index (χ2v) is 15.5. The zero-order chi connectivity index (χ0) is 38.4. The number of morpholine rings is 1. The highest BCUT2D eigenvalue weighted by atomic mass is 16.5. The van der Waals surface area contributed by atoms with E-state index < -0.39 is 0 Å². The third-order valence-electron chi connectivity index (χ3n) is 11.1. The van der Waals surface area contributed by atoms with Gasteiger partial charge in [-0.05, 0) is 57.2 Å². The number of carbonyl (C=O) groups excluding carboxylic acids is 3. The Morgan fingerprint density at radius 3 is 2.53 bits per heavy atom. The summed E-state index contributed by atoms with van der Waals surface area (Å²) in [6.07, 6.45) is 7.87. The van der Waals surface area contributed by atoms with Gasteiger partial charge in [0.25, 0.3) is 11.8 Å². The van der Waals surface area contributed by atoms with Crippen molar-refractivity contribution in [2.45, 2.75) is 76.7 Å². The number of hydrogen-bond donors (Lipinski definition) is 5. The van der Waals surface area contributed by atoms with E-state index in [1.54, 1.807) is 6.07 Å². The Balaban J connectivity index is 1.01. The van der Waals surface area contributed by atoms with Crippen LogP contribution in [0.25, 0.3) is 11.1 Å². The molecule has 8 rings (SSSR count). The Bertz CT molecular complexity index is 2040. The summed E-state index contributed by atoms with van der Waals surface area (Å²) in [5.41, 5.74) is 19.3. The van der Waals surface area contributed by atoms with Crippen LogP contribution in [0, 0.1) is 5.92 Å². The number of rotatable bonds is 12. The zero-order valence-corrected chi connectivity index (χ0v) is 31.8. The van der Waals surface area contributed by atoms with Gasteiger partial charge in [0.1, 0.15) is 17.2 Å². The number of carbonyl (C=O) groups is 3. The number of anilines is 2. The molecule has 4 fully saturated rings. The fraction of sp³-hybridized carbons (Fsp3) is 0.475. The molecule has 5 aliphatic rings. The van der Waals surface area contributed by atoms with Gasteiger partial charge in [0, 0.05) is 68.9 Å². The minimum atomic E-state index is -0.384. The van der Waals surface area contributed by atoms with Gasteiger partial charge in [-0.2, -0.15) is 5.10 Å². The van der Waals surface area contributed by atoms with Crippen LogP contribution in [0.1, 0.15) is 79.9 Å². The molecule has 55 heavy (non-hydrogen) atoms. The number of ether oxygens (including phenoxy) is 1. The second kappa shape index (κ2) is 15.0. The molecule has 2 saturated heterocycles. The lowest BCUT2D eigenvalue weighted by molar-refractivity contribution is -0.121. The number of nitrogens with one attached hydrogen (secondary N) is 3. The van der Waals surface area contributed by atoms with Crippen molar-refractivity contribution < 1.29 is 19.1 Å². The van der Waals surface area contributed by atoms with Gasteiger partial charge in [-0.3, -0.25) is 24.0 Å². The number of fused-ring (bicyclic) bond motifs is 3. The summed E-state index contributed by atoms with van der Waals surface area (Å²) in [4.78, 5) is 50.0. The van der Waals surface area contributed by atoms with Crippen molar-refractivity contribution in [1.82, 2.24) is 35.2 Å². The van der Waals surface area contributed by atoms with Crippen LogP contribution in [0.3, 0.4) is 0 Å². The fourth-order valence-electron chi connectivity index (χ4n) is 7.88. The quantitative estimate of drug-likeness (QED) is 0.135. The maximum absolute atomic E-state index is 13.2. The van der Waals surface area contributed by atoms with Crippen LogP contribution in [-0.4, -0.2) is 94.3 Å². The standard InChI is InChI=1S/C40H51N11O4/c1-4-33-37-29(18-43-51(37)27-21-49(22-27)20-26-7-5-10-31(44-26)40(54)50-15-16-55-23(2)19-50)28-8-6-9-30(36(28)48(33)3)46-32(35(42)39(53)45-25-13-14-25)17-34(41)47-38(52)24-11-12-24/h5-10,17-18,23-25,27,33,46H,4,11-16,19-22,41-42H2,1-3H3,(H,45,53)(H,47,52)/b34-17+,35-32+/t23-,33?/m0/s1. The highest BCUT2D eigenvalue weighted by Crippen LogP contribution is 2.49. The Labute approximate surface area is 321 Å². The van der Waals surface area contributed by atoms with E-state index >= 15 is 0 Å². The van der Waals surface area contributed by atoms with E-state index in [1.807, 2.05) is 42.3 Å². The van der Waals surface area contributed by atoms with Gasteiger partial charge in [0.15, 0.2) is 0 Å². The van der Waals surface area contributed by atoms with Gasteiger partial charge in [0.2, 0.25) is 5.91 Å². The number of nitrogens with two attached hydrogens (primary N) is 2. The molecule has 3 amide bonds. The van der Waals surface area contributed by atoms with Crippen LogP contribution >= 0.6 is 0 Å². The lowest BCUT2D eigenvalue weighted by Crippen LogP contribution is -2.48. The summed E-state index contributed by atoms with van der Waals surface area (Å²) < 4.78 is 7.79. The molecular weight excluding hydrogens is 699 g/mol. The Hall–Kier alpha value is -5.41. The predicted molar refractivity (Wildman–Crippen MR) is 208 cm³/mol. The van der Waals surface area contributed by atoms with E-state index in [1.165, 1.54) is 6.08 Å². The van der Waals surface area contributed by atoms with Crippen molar-refractivity contribution in [1.29, 1.82) is 0 Å². The van der Waals surface area contributed by atoms with Crippen molar-refractivity contribution in [3.63, 3.8) is 0 Å². The number of para-hydroxylation sites is 1. The number of benzene rings is 1. The van der Waals surface area contributed by atoms with E-state index in [2.05, 4.69) is 50.5 Å². The van der Waals surface area contributed by atoms with E-state index in [0.717, 1.165) is 79.1 Å². The van der Waals surface area contributed by atoms with Crippen LogP contribution in [0.4, 0.5) is 11.4 Å². The summed E-state index contributed by atoms with van der Waals surface area (Å²) in [6, 6.07) is 12.0. The predicted octanol–water partition coefficient (Wildman–Crippen LogP) is 2.95. The molecule has 1 aromatic carbocycles. The summed E-state index contributed by atoms with van der Waals surface area (Å²) in [6.45, 7) is 8.11. The molecule has 2 atom stereocenters. The van der Waals surface area contributed by atoms with Gasteiger partial charge in [-0.15, -0.1) is 0 Å². The highest BCUT2D eigenvalue weighted by molar-refractivity contribution is 5.97. The first-order valence-corrected chi connectivity index (χ1v) is 19.5.